The van der Waals surface area contributed by atoms with Crippen LogP contribution in [0.15, 0.2) is 23.7 Å². The fourth-order valence-electron chi connectivity index (χ4n) is 5.41. The number of aryl methyl sites for hydroxylation is 1. The molecular formula is C22H20Cl2FN7OS2. The molecule has 3 atom stereocenters. The first-order chi connectivity index (χ1) is 17.0. The van der Waals surface area contributed by atoms with Gasteiger partial charge < -0.3 is 14.8 Å². The lowest BCUT2D eigenvalue weighted by Gasteiger charge is -2.26. The summed E-state index contributed by atoms with van der Waals surface area (Å²) in [6.07, 6.45) is 2.79. The molecule has 4 heterocycles. The number of H-pyrrole nitrogens is 1. The largest absolute Gasteiger partial charge is 0.395 e. The van der Waals surface area contributed by atoms with E-state index in [1.54, 1.807) is 23.6 Å². The van der Waals surface area contributed by atoms with Gasteiger partial charge in [-0.15, -0.1) is 15.2 Å². The molecule has 3 N–H and O–H groups in total. The number of piperidine rings is 1. The van der Waals surface area contributed by atoms with Crippen LogP contribution in [0.4, 0.5) is 9.70 Å². The Morgan fingerprint density at radius 2 is 2.17 bits per heavy atom. The molecular weight excluding hydrogens is 532 g/mol. The van der Waals surface area contributed by atoms with Crippen LogP contribution in [0.3, 0.4) is 0 Å². The predicted molar refractivity (Wildman–Crippen MR) is 138 cm³/mol. The van der Waals surface area contributed by atoms with Crippen molar-refractivity contribution in [3.63, 3.8) is 0 Å². The van der Waals surface area contributed by atoms with Gasteiger partial charge in [-0.05, 0) is 37.3 Å². The van der Waals surface area contributed by atoms with E-state index >= 15 is 0 Å². The summed E-state index contributed by atoms with van der Waals surface area (Å²) in [7, 11) is 0. The van der Waals surface area contributed by atoms with Crippen LogP contribution in [0.5, 0.6) is 5.75 Å². The number of benzene rings is 1. The molecule has 3 aromatic heterocycles. The van der Waals surface area contributed by atoms with Gasteiger partial charge in [0.25, 0.3) is 12.4 Å². The zero-order valence-corrected chi connectivity index (χ0v) is 21.6. The highest BCUT2D eigenvalue weighted by Crippen LogP contribution is 2.63. The molecule has 2 fully saturated rings. The Balaban J connectivity index is 1.27. The second-order valence-corrected chi connectivity index (χ2v) is 10.8. The van der Waals surface area contributed by atoms with E-state index in [9.17, 15) is 3.89 Å². The molecule has 1 aliphatic carbocycles. The Labute approximate surface area is 218 Å². The maximum atomic E-state index is 12.5. The van der Waals surface area contributed by atoms with E-state index in [0.717, 1.165) is 36.0 Å². The topological polar surface area (TPSA) is 106 Å². The van der Waals surface area contributed by atoms with Gasteiger partial charge in [0, 0.05) is 41.7 Å². The summed E-state index contributed by atoms with van der Waals surface area (Å²) in [4.78, 5) is 16.4. The Morgan fingerprint density at radius 1 is 1.31 bits per heavy atom. The van der Waals surface area contributed by atoms with Crippen LogP contribution < -0.4 is 14.8 Å². The number of halogens is 3. The first-order valence-electron chi connectivity index (χ1n) is 11.0. The smallest absolute Gasteiger partial charge is 0.272 e. The summed E-state index contributed by atoms with van der Waals surface area (Å²) in [5.41, 5.74) is 9.50. The van der Waals surface area contributed by atoms with Crippen molar-refractivity contribution in [1.29, 1.82) is 0 Å². The van der Waals surface area contributed by atoms with Gasteiger partial charge in [-0.3, -0.25) is 5.10 Å². The molecule has 6 rings (SSSR count). The molecule has 13 heteroatoms. The lowest BCUT2D eigenvalue weighted by Crippen LogP contribution is -2.32. The van der Waals surface area contributed by atoms with E-state index in [2.05, 4.69) is 25.5 Å². The van der Waals surface area contributed by atoms with Gasteiger partial charge >= 0.3 is 0 Å². The Kier molecular flexibility index (Phi) is 5.80. The standard InChI is InChI=1S/C22H20Cl2FN7OS2/c1-10-8-34-21(28-10)22(9-26)12-4-5-32(7-13(12)22)15-6-27-19-18(30-31-20(19)29-15)11-2-3-14(33-35-25)17(24)16(11)23/h2-3,6,8,12-13H,4-5,7,9,26H2,1H3,(H,29,30,31). The Morgan fingerprint density at radius 3 is 2.91 bits per heavy atom. The van der Waals surface area contributed by atoms with Crippen molar-refractivity contribution in [2.75, 3.05) is 24.5 Å². The van der Waals surface area contributed by atoms with Crippen LogP contribution in [0.1, 0.15) is 17.1 Å². The van der Waals surface area contributed by atoms with E-state index in [4.69, 9.17) is 43.1 Å². The average molecular weight is 552 g/mol. The van der Waals surface area contributed by atoms with E-state index in [1.165, 1.54) is 6.07 Å². The van der Waals surface area contributed by atoms with Crippen LogP contribution in [0, 0.1) is 18.8 Å². The molecule has 1 aliphatic heterocycles. The summed E-state index contributed by atoms with van der Waals surface area (Å²) >= 11 is 14.1. The van der Waals surface area contributed by atoms with Crippen molar-refractivity contribution in [2.24, 2.45) is 17.6 Å². The lowest BCUT2D eigenvalue weighted by atomic mass is 10.0. The van der Waals surface area contributed by atoms with Gasteiger partial charge in [0.15, 0.2) is 5.75 Å². The quantitative estimate of drug-likeness (QED) is 0.308. The third kappa shape index (κ3) is 3.59. The number of nitrogens with one attached hydrogen (secondary N) is 1. The third-order valence-electron chi connectivity index (χ3n) is 7.20. The van der Waals surface area contributed by atoms with Gasteiger partial charge in [0.05, 0.1) is 16.9 Å². The van der Waals surface area contributed by atoms with Gasteiger partial charge in [-0.25, -0.2) is 15.0 Å². The lowest BCUT2D eigenvalue weighted by molar-refractivity contribution is 0.545. The molecule has 2 aliphatic rings. The minimum absolute atomic E-state index is 0.0305. The predicted octanol–water partition coefficient (Wildman–Crippen LogP) is 5.36. The van der Waals surface area contributed by atoms with Crippen molar-refractivity contribution < 1.29 is 8.07 Å². The van der Waals surface area contributed by atoms with E-state index < -0.39 is 0 Å². The molecule has 1 aromatic carbocycles. The molecule has 1 saturated carbocycles. The van der Waals surface area contributed by atoms with Crippen LogP contribution in [-0.2, 0) is 5.41 Å². The van der Waals surface area contributed by atoms with Crippen LogP contribution in [-0.4, -0.2) is 44.8 Å². The minimum atomic E-state index is -0.298. The average Bonchev–Trinajstić information content (AvgIpc) is 3.10. The number of hydrogen-bond donors (Lipinski definition) is 2. The fraction of sp³-hybridized carbons (Fsp3) is 0.364. The van der Waals surface area contributed by atoms with Crippen molar-refractivity contribution in [3.8, 4) is 17.0 Å². The van der Waals surface area contributed by atoms with Gasteiger partial charge in [-0.1, -0.05) is 23.2 Å². The third-order valence-corrected chi connectivity index (χ3v) is 9.46. The van der Waals surface area contributed by atoms with Crippen molar-refractivity contribution in [3.05, 3.63) is 44.5 Å². The van der Waals surface area contributed by atoms with Crippen molar-refractivity contribution >= 4 is 63.9 Å². The van der Waals surface area contributed by atoms with Gasteiger partial charge in [0.1, 0.15) is 21.4 Å². The zero-order chi connectivity index (χ0) is 24.3. The number of aromatic amines is 1. The zero-order valence-electron chi connectivity index (χ0n) is 18.5. The SMILES string of the molecule is Cc1csc(C2(CN)C3CCN(c4cnc5c(-c6ccc(OSF)c(Cl)c6Cl)[nH]nc5n4)CC32)n1. The number of nitrogens with zero attached hydrogens (tertiary/aromatic N) is 5. The number of anilines is 1. The first-order valence-corrected chi connectivity index (χ1v) is 13.3. The monoisotopic (exact) mass is 551 g/mol. The number of fused-ring (bicyclic) bond motifs is 2. The van der Waals surface area contributed by atoms with Gasteiger partial charge in [-0.2, -0.15) is 5.10 Å². The summed E-state index contributed by atoms with van der Waals surface area (Å²) < 4.78 is 17.3. The molecule has 3 unspecified atom stereocenters. The highest BCUT2D eigenvalue weighted by atomic mass is 35.5. The second-order valence-electron chi connectivity index (χ2n) is 8.87. The summed E-state index contributed by atoms with van der Waals surface area (Å²) in [6.45, 7) is 4.36. The molecule has 0 bridgehead atoms. The summed E-state index contributed by atoms with van der Waals surface area (Å²) in [5.74, 6) is 1.91. The number of thiazole rings is 1. The first kappa shape index (κ1) is 23.2. The van der Waals surface area contributed by atoms with Crippen molar-refractivity contribution in [2.45, 2.75) is 18.8 Å². The summed E-state index contributed by atoms with van der Waals surface area (Å²) in [5, 5.41) is 10.9. The number of rotatable bonds is 6. The maximum absolute atomic E-state index is 12.5. The molecule has 8 nitrogen and oxygen atoms in total. The van der Waals surface area contributed by atoms with Crippen molar-refractivity contribution in [1.82, 2.24) is 25.1 Å². The highest BCUT2D eigenvalue weighted by Gasteiger charge is 2.67. The van der Waals surface area contributed by atoms with Crippen LogP contribution in [0.2, 0.25) is 10.0 Å². The minimum Gasteiger partial charge on any atom is -0.395 e. The number of nitrogens with two attached hydrogens (primary N) is 1. The molecule has 0 radical (unpaired) electrons. The van der Waals surface area contributed by atoms with E-state index in [-0.39, 0.29) is 33.6 Å². The number of aromatic nitrogens is 5. The number of hydrogen-bond acceptors (Lipinski definition) is 9. The fourth-order valence-corrected chi connectivity index (χ4v) is 7.25. The van der Waals surface area contributed by atoms with Crippen LogP contribution in [0.25, 0.3) is 22.4 Å². The highest BCUT2D eigenvalue weighted by molar-refractivity contribution is 7.89. The molecule has 4 aromatic rings. The Hall–Kier alpha value is -2.18. The van der Waals surface area contributed by atoms with E-state index in [1.807, 2.05) is 6.92 Å². The molecule has 35 heavy (non-hydrogen) atoms. The normalized spacial score (nSPS) is 23.5. The molecule has 1 saturated heterocycles. The van der Waals surface area contributed by atoms with Crippen LogP contribution >= 0.6 is 47.0 Å². The second kappa shape index (κ2) is 8.74. The molecule has 0 amide bonds. The Bertz CT molecular complexity index is 1430. The van der Waals surface area contributed by atoms with E-state index in [0.29, 0.717) is 40.8 Å². The molecule has 0 spiro atoms. The van der Waals surface area contributed by atoms with Gasteiger partial charge in [0.2, 0.25) is 5.65 Å². The summed E-state index contributed by atoms with van der Waals surface area (Å²) in [6, 6.07) is 3.21. The maximum Gasteiger partial charge on any atom is 0.272 e. The molecule has 182 valence electrons.